The molecule has 1 aromatic rings. The molecule has 1 aromatic heterocycles. The molecule has 0 bridgehead atoms. The fraction of sp³-hybridized carbons (Fsp3) is 0.636. The van der Waals surface area contributed by atoms with E-state index in [-0.39, 0.29) is 11.9 Å². The minimum Gasteiger partial charge on any atom is -0.347 e. The quantitative estimate of drug-likeness (QED) is 0.709. The molecule has 5 nitrogen and oxygen atoms in total. The molecule has 1 atom stereocenters. The average Bonchev–Trinajstić information content (AvgIpc) is 2.75. The second kappa shape index (κ2) is 6.27. The first-order chi connectivity index (χ1) is 7.61. The number of carbonyl (C=O) groups is 1. The third kappa shape index (κ3) is 4.02. The molecule has 5 heteroatoms. The third-order valence-electron chi connectivity index (χ3n) is 2.38. The number of likely N-dealkylation sites (N-methyl/N-ethyl adjacent to an activating group) is 1. The van der Waals surface area contributed by atoms with E-state index >= 15 is 0 Å². The molecule has 1 N–H and O–H groups in total. The zero-order valence-corrected chi connectivity index (χ0v) is 10.2. The van der Waals surface area contributed by atoms with E-state index in [4.69, 9.17) is 0 Å². The normalized spacial score (nSPS) is 12.4. The first-order valence-corrected chi connectivity index (χ1v) is 5.53. The van der Waals surface area contributed by atoms with Crippen LogP contribution in [-0.4, -0.2) is 47.3 Å². The molecule has 0 saturated heterocycles. The second-order valence-corrected chi connectivity index (χ2v) is 4.03. The molecule has 16 heavy (non-hydrogen) atoms. The number of aromatic nitrogens is 2. The van der Waals surface area contributed by atoms with Gasteiger partial charge in [0.2, 0.25) is 5.91 Å². The first kappa shape index (κ1) is 12.7. The van der Waals surface area contributed by atoms with Gasteiger partial charge in [0.05, 0.1) is 6.04 Å². The largest absolute Gasteiger partial charge is 0.347 e. The van der Waals surface area contributed by atoms with Crippen LogP contribution < -0.4 is 5.32 Å². The number of aryl methyl sites for hydroxylation is 1. The molecule has 1 unspecified atom stereocenters. The molecule has 0 saturated carbocycles. The molecule has 1 heterocycles. The maximum absolute atomic E-state index is 11.5. The molecule has 1 rings (SSSR count). The standard InChI is InChI=1S/C11H20N4O/c1-10(11(16)14(2)3)12-6-4-8-15-9-5-7-13-15/h5,7,9-10,12H,4,6,8H2,1-3H3. The molecule has 90 valence electrons. The van der Waals surface area contributed by atoms with E-state index in [2.05, 4.69) is 10.4 Å². The zero-order valence-electron chi connectivity index (χ0n) is 10.2. The SMILES string of the molecule is CC(NCCCn1cccn1)C(=O)N(C)C. The summed E-state index contributed by atoms with van der Waals surface area (Å²) in [5.74, 6) is 0.110. The summed E-state index contributed by atoms with van der Waals surface area (Å²) in [5.41, 5.74) is 0. The van der Waals surface area contributed by atoms with Crippen LogP contribution in [0.15, 0.2) is 18.5 Å². The summed E-state index contributed by atoms with van der Waals surface area (Å²) in [6, 6.07) is 1.79. The number of nitrogens with one attached hydrogen (secondary N) is 1. The van der Waals surface area contributed by atoms with Crippen LogP contribution >= 0.6 is 0 Å². The van der Waals surface area contributed by atoms with Crippen LogP contribution in [0.4, 0.5) is 0 Å². The van der Waals surface area contributed by atoms with E-state index in [1.54, 1.807) is 25.2 Å². The van der Waals surface area contributed by atoms with Gasteiger partial charge in [0.1, 0.15) is 0 Å². The monoisotopic (exact) mass is 224 g/mol. The molecule has 0 aliphatic carbocycles. The minimum absolute atomic E-state index is 0.110. The maximum atomic E-state index is 11.5. The van der Waals surface area contributed by atoms with Crippen molar-refractivity contribution in [2.75, 3.05) is 20.6 Å². The fourth-order valence-electron chi connectivity index (χ4n) is 1.47. The Morgan fingerprint density at radius 3 is 2.88 bits per heavy atom. The van der Waals surface area contributed by atoms with Crippen molar-refractivity contribution in [3.63, 3.8) is 0 Å². The van der Waals surface area contributed by atoms with Gasteiger partial charge in [0.25, 0.3) is 0 Å². The summed E-state index contributed by atoms with van der Waals surface area (Å²) in [6.45, 7) is 3.58. The van der Waals surface area contributed by atoms with Crippen molar-refractivity contribution < 1.29 is 4.79 Å². The lowest BCUT2D eigenvalue weighted by atomic mass is 10.3. The molecule has 1 amide bonds. The summed E-state index contributed by atoms with van der Waals surface area (Å²) in [7, 11) is 3.54. The molecule has 0 radical (unpaired) electrons. The average molecular weight is 224 g/mol. The number of carbonyl (C=O) groups excluding carboxylic acids is 1. The number of hydrogen-bond donors (Lipinski definition) is 1. The van der Waals surface area contributed by atoms with Crippen molar-refractivity contribution in [3.8, 4) is 0 Å². The van der Waals surface area contributed by atoms with Crippen molar-refractivity contribution in [2.24, 2.45) is 0 Å². The molecule has 0 aliphatic rings. The highest BCUT2D eigenvalue weighted by Crippen LogP contribution is 1.91. The van der Waals surface area contributed by atoms with Gasteiger partial charge in [-0.15, -0.1) is 0 Å². The third-order valence-corrected chi connectivity index (χ3v) is 2.38. The Hall–Kier alpha value is -1.36. The lowest BCUT2D eigenvalue weighted by Gasteiger charge is -2.17. The predicted molar refractivity (Wildman–Crippen MR) is 63.0 cm³/mol. The highest BCUT2D eigenvalue weighted by atomic mass is 16.2. The van der Waals surface area contributed by atoms with Gasteiger partial charge in [0.15, 0.2) is 0 Å². The Labute approximate surface area is 96.4 Å². The van der Waals surface area contributed by atoms with Crippen molar-refractivity contribution in [2.45, 2.75) is 25.9 Å². The number of nitrogens with zero attached hydrogens (tertiary/aromatic N) is 3. The van der Waals surface area contributed by atoms with E-state index in [9.17, 15) is 4.79 Å². The van der Waals surface area contributed by atoms with Crippen molar-refractivity contribution >= 4 is 5.91 Å². The predicted octanol–water partition coefficient (Wildman–Crippen LogP) is 0.339. The Bertz CT molecular complexity index is 308. The maximum Gasteiger partial charge on any atom is 0.238 e. The smallest absolute Gasteiger partial charge is 0.238 e. The van der Waals surface area contributed by atoms with Crippen LogP contribution in [0.1, 0.15) is 13.3 Å². The van der Waals surface area contributed by atoms with Crippen molar-refractivity contribution in [1.82, 2.24) is 20.0 Å². The molecular formula is C11H20N4O. The van der Waals surface area contributed by atoms with E-state index in [1.807, 2.05) is 23.9 Å². The second-order valence-electron chi connectivity index (χ2n) is 4.03. The first-order valence-electron chi connectivity index (χ1n) is 5.53. The molecule has 0 fully saturated rings. The lowest BCUT2D eigenvalue weighted by Crippen LogP contribution is -2.41. The van der Waals surface area contributed by atoms with Crippen LogP contribution in [-0.2, 0) is 11.3 Å². The van der Waals surface area contributed by atoms with Gasteiger partial charge in [-0.1, -0.05) is 0 Å². The van der Waals surface area contributed by atoms with Gasteiger partial charge in [-0.05, 0) is 26.0 Å². The highest BCUT2D eigenvalue weighted by Gasteiger charge is 2.12. The van der Waals surface area contributed by atoms with Crippen molar-refractivity contribution in [3.05, 3.63) is 18.5 Å². The van der Waals surface area contributed by atoms with Gasteiger partial charge >= 0.3 is 0 Å². The Kier molecular flexibility index (Phi) is 4.98. The van der Waals surface area contributed by atoms with Gasteiger partial charge < -0.3 is 10.2 Å². The number of rotatable bonds is 6. The van der Waals surface area contributed by atoms with Crippen LogP contribution in [0, 0.1) is 0 Å². The van der Waals surface area contributed by atoms with Crippen LogP contribution in [0.2, 0.25) is 0 Å². The van der Waals surface area contributed by atoms with E-state index in [0.717, 1.165) is 19.5 Å². The van der Waals surface area contributed by atoms with Gasteiger partial charge in [-0.25, -0.2) is 0 Å². The zero-order chi connectivity index (χ0) is 12.0. The highest BCUT2D eigenvalue weighted by molar-refractivity contribution is 5.80. The number of amides is 1. The van der Waals surface area contributed by atoms with E-state index in [1.165, 1.54) is 0 Å². The molecule has 0 aromatic carbocycles. The lowest BCUT2D eigenvalue weighted by molar-refractivity contribution is -0.130. The molecular weight excluding hydrogens is 204 g/mol. The van der Waals surface area contributed by atoms with Crippen molar-refractivity contribution in [1.29, 1.82) is 0 Å². The summed E-state index contributed by atoms with van der Waals surface area (Å²) in [6.07, 6.45) is 4.67. The minimum atomic E-state index is -0.118. The van der Waals surface area contributed by atoms with Gasteiger partial charge in [0, 0.05) is 33.0 Å². The Morgan fingerprint density at radius 1 is 1.56 bits per heavy atom. The summed E-state index contributed by atoms with van der Waals surface area (Å²) >= 11 is 0. The van der Waals surface area contributed by atoms with Crippen LogP contribution in [0.5, 0.6) is 0 Å². The summed E-state index contributed by atoms with van der Waals surface area (Å²) in [4.78, 5) is 13.1. The molecule has 0 aliphatic heterocycles. The Balaban J connectivity index is 2.13. The van der Waals surface area contributed by atoms with Gasteiger partial charge in [-0.2, -0.15) is 5.10 Å². The summed E-state index contributed by atoms with van der Waals surface area (Å²) in [5, 5.41) is 7.30. The van der Waals surface area contributed by atoms with E-state index in [0.29, 0.717) is 0 Å². The molecule has 0 spiro atoms. The summed E-state index contributed by atoms with van der Waals surface area (Å²) < 4.78 is 1.89. The topological polar surface area (TPSA) is 50.2 Å². The van der Waals surface area contributed by atoms with Gasteiger partial charge in [-0.3, -0.25) is 9.48 Å². The number of hydrogen-bond acceptors (Lipinski definition) is 3. The Morgan fingerprint density at radius 2 is 2.31 bits per heavy atom. The fourth-order valence-corrected chi connectivity index (χ4v) is 1.47. The van der Waals surface area contributed by atoms with Crippen LogP contribution in [0.25, 0.3) is 0 Å². The van der Waals surface area contributed by atoms with Crippen LogP contribution in [0.3, 0.4) is 0 Å². The van der Waals surface area contributed by atoms with E-state index < -0.39 is 0 Å².